The smallest absolute Gasteiger partial charge is 0.311 e. The van der Waals surface area contributed by atoms with Crippen molar-refractivity contribution in [1.82, 2.24) is 0 Å². The van der Waals surface area contributed by atoms with E-state index in [2.05, 4.69) is 11.2 Å². The largest absolute Gasteiger partial charge is 0.469 e. The summed E-state index contributed by atoms with van der Waals surface area (Å²) >= 11 is 0. The van der Waals surface area contributed by atoms with Crippen molar-refractivity contribution in [1.29, 1.82) is 0 Å². The van der Waals surface area contributed by atoms with Gasteiger partial charge in [-0.15, -0.1) is 0 Å². The number of nitrogens with zero attached hydrogens (tertiary/aromatic N) is 1. The third-order valence-corrected chi connectivity index (χ3v) is 10.1. The number of epoxide rings is 1. The molecule has 1 aliphatic heterocycles. The van der Waals surface area contributed by atoms with Gasteiger partial charge in [0.25, 0.3) is 0 Å². The Labute approximate surface area is 317 Å². The zero-order chi connectivity index (χ0) is 39.4. The van der Waals surface area contributed by atoms with Crippen molar-refractivity contribution in [2.45, 2.75) is 79.2 Å². The fourth-order valence-electron chi connectivity index (χ4n) is 6.87. The average molecular weight is 750 g/mol. The van der Waals surface area contributed by atoms with E-state index < -0.39 is 46.0 Å². The van der Waals surface area contributed by atoms with Crippen molar-refractivity contribution < 1.29 is 52.8 Å². The molecule has 1 aliphatic rings. The Morgan fingerprint density at radius 3 is 2.09 bits per heavy atom. The summed E-state index contributed by atoms with van der Waals surface area (Å²) in [5.74, 6) is -3.20. The van der Waals surface area contributed by atoms with Gasteiger partial charge < -0.3 is 33.6 Å². The number of ether oxygens (including phenoxy) is 5. The van der Waals surface area contributed by atoms with Crippen LogP contribution in [0.4, 0.5) is 0 Å². The number of hydrogen-bond donors (Lipinski definition) is 1. The standard InChI is InChI=1S/C42H55NO11/c1-7-41(4,38(47)49-6)28-42(5,39(48)53-27-32-26-52-32)24-31(36(45)50-19-13-12-18-44)23-40(2,3)37(46)51-20-21-54-43-25-35-33-16-10-8-14-29(33)22-30-15-9-11-17-34(30)35/h8-11,14-17,22,25,31-32,44H,7,12-13,18-21,23-24,26-28H2,1-6H3. The lowest BCUT2D eigenvalue weighted by Crippen LogP contribution is -2.43. The summed E-state index contributed by atoms with van der Waals surface area (Å²) in [5.41, 5.74) is -2.68. The van der Waals surface area contributed by atoms with Crippen LogP contribution >= 0.6 is 0 Å². The maximum absolute atomic E-state index is 13.8. The highest BCUT2D eigenvalue weighted by Gasteiger charge is 2.49. The molecule has 4 rings (SSSR count). The van der Waals surface area contributed by atoms with Gasteiger partial charge in [0.1, 0.15) is 19.3 Å². The Bertz CT molecular complexity index is 1730. The first kappa shape index (κ1) is 42.2. The Balaban J connectivity index is 1.45. The lowest BCUT2D eigenvalue weighted by Gasteiger charge is -2.38. The molecule has 0 spiro atoms. The van der Waals surface area contributed by atoms with Crippen molar-refractivity contribution in [3.05, 3.63) is 60.2 Å². The molecule has 294 valence electrons. The lowest BCUT2D eigenvalue weighted by molar-refractivity contribution is -0.166. The molecule has 0 amide bonds. The van der Waals surface area contributed by atoms with Gasteiger partial charge in [0, 0.05) is 12.2 Å². The van der Waals surface area contributed by atoms with Crippen LogP contribution in [-0.2, 0) is 47.7 Å². The van der Waals surface area contributed by atoms with Gasteiger partial charge in [-0.05, 0) is 93.8 Å². The molecule has 12 nitrogen and oxygen atoms in total. The predicted molar refractivity (Wildman–Crippen MR) is 204 cm³/mol. The molecule has 1 fully saturated rings. The minimum absolute atomic E-state index is 0.00487. The number of benzene rings is 3. The number of aliphatic hydroxyl groups excluding tert-OH is 1. The summed E-state index contributed by atoms with van der Waals surface area (Å²) in [4.78, 5) is 59.4. The summed E-state index contributed by atoms with van der Waals surface area (Å²) < 4.78 is 27.2. The molecular formula is C42H55NO11. The topological polar surface area (TPSA) is 160 Å². The van der Waals surface area contributed by atoms with E-state index in [4.69, 9.17) is 28.5 Å². The van der Waals surface area contributed by atoms with Crippen LogP contribution in [0.15, 0.2) is 59.8 Å². The zero-order valence-electron chi connectivity index (χ0n) is 32.4. The molecule has 4 unspecified atom stereocenters. The van der Waals surface area contributed by atoms with Crippen LogP contribution in [0.5, 0.6) is 0 Å². The number of hydrogen-bond acceptors (Lipinski definition) is 12. The molecule has 12 heteroatoms. The van der Waals surface area contributed by atoms with Crippen LogP contribution in [0.25, 0.3) is 21.5 Å². The van der Waals surface area contributed by atoms with Crippen molar-refractivity contribution in [2.24, 2.45) is 27.3 Å². The number of unbranched alkanes of at least 4 members (excludes halogenated alkanes) is 1. The average Bonchev–Trinajstić information content (AvgIpc) is 4.00. The van der Waals surface area contributed by atoms with Crippen molar-refractivity contribution in [2.75, 3.05) is 46.8 Å². The van der Waals surface area contributed by atoms with E-state index in [9.17, 15) is 24.3 Å². The Hall–Kier alpha value is -4.55. The number of esters is 4. The van der Waals surface area contributed by atoms with Crippen molar-refractivity contribution >= 4 is 51.6 Å². The van der Waals surface area contributed by atoms with Gasteiger partial charge in [-0.2, -0.15) is 0 Å². The third-order valence-electron chi connectivity index (χ3n) is 10.1. The fourth-order valence-corrected chi connectivity index (χ4v) is 6.87. The minimum Gasteiger partial charge on any atom is -0.469 e. The molecule has 0 aliphatic carbocycles. The maximum Gasteiger partial charge on any atom is 0.311 e. The van der Waals surface area contributed by atoms with Gasteiger partial charge in [-0.25, -0.2) is 0 Å². The summed E-state index contributed by atoms with van der Waals surface area (Å²) in [7, 11) is 1.29. The SMILES string of the molecule is CCC(C)(CC(C)(CC(CC(C)(C)C(=O)OCCON=Cc1c2ccccc2cc2ccccc12)C(=O)OCCCCO)C(=O)OCC1CO1)C(=O)OC. The number of carbonyl (C=O) groups is 4. The van der Waals surface area contributed by atoms with Crippen molar-refractivity contribution in [3.63, 3.8) is 0 Å². The van der Waals surface area contributed by atoms with E-state index in [0.29, 0.717) is 25.9 Å². The highest BCUT2D eigenvalue weighted by Crippen LogP contribution is 2.45. The molecule has 4 atom stereocenters. The highest BCUT2D eigenvalue weighted by molar-refractivity contribution is 6.13. The second kappa shape index (κ2) is 19.2. The predicted octanol–water partition coefficient (Wildman–Crippen LogP) is 6.55. The fraction of sp³-hybridized carbons (Fsp3) is 0.548. The Morgan fingerprint density at radius 1 is 0.852 bits per heavy atom. The van der Waals surface area contributed by atoms with E-state index in [0.717, 1.165) is 27.1 Å². The van der Waals surface area contributed by atoms with Crippen LogP contribution in [0, 0.1) is 22.2 Å². The van der Waals surface area contributed by atoms with Crippen LogP contribution in [-0.4, -0.2) is 88.1 Å². The second-order valence-corrected chi connectivity index (χ2v) is 15.2. The first-order valence-electron chi connectivity index (χ1n) is 18.6. The summed E-state index contributed by atoms with van der Waals surface area (Å²) in [6, 6.07) is 18.2. The normalized spacial score (nSPS) is 17.0. The molecule has 1 saturated heterocycles. The summed E-state index contributed by atoms with van der Waals surface area (Å²) in [6.07, 6.45) is 2.67. The van der Waals surface area contributed by atoms with Crippen LogP contribution < -0.4 is 0 Å². The molecule has 3 aromatic rings. The van der Waals surface area contributed by atoms with Gasteiger partial charge in [0.15, 0.2) is 6.61 Å². The molecule has 0 radical (unpaired) electrons. The zero-order valence-corrected chi connectivity index (χ0v) is 32.4. The molecule has 1 N–H and O–H groups in total. The number of carbonyl (C=O) groups excluding carboxylic acids is 4. The second-order valence-electron chi connectivity index (χ2n) is 15.2. The molecule has 0 saturated carbocycles. The summed E-state index contributed by atoms with van der Waals surface area (Å²) in [5, 5.41) is 17.6. The lowest BCUT2D eigenvalue weighted by atomic mass is 9.66. The summed E-state index contributed by atoms with van der Waals surface area (Å²) in [6.45, 7) is 8.98. The maximum atomic E-state index is 13.8. The highest BCUT2D eigenvalue weighted by atomic mass is 16.6. The molecule has 0 aromatic heterocycles. The van der Waals surface area contributed by atoms with Crippen LogP contribution in [0.2, 0.25) is 0 Å². The van der Waals surface area contributed by atoms with Gasteiger partial charge in [0.2, 0.25) is 0 Å². The van der Waals surface area contributed by atoms with E-state index in [1.165, 1.54) is 7.11 Å². The van der Waals surface area contributed by atoms with Crippen LogP contribution in [0.3, 0.4) is 0 Å². The number of fused-ring (bicyclic) bond motifs is 2. The van der Waals surface area contributed by atoms with E-state index in [1.807, 2.05) is 55.5 Å². The first-order chi connectivity index (χ1) is 25.8. The van der Waals surface area contributed by atoms with Crippen molar-refractivity contribution in [3.8, 4) is 0 Å². The van der Waals surface area contributed by atoms with Crippen LogP contribution in [0.1, 0.15) is 78.7 Å². The number of rotatable bonds is 22. The quantitative estimate of drug-likeness (QED) is 0.0226. The van der Waals surface area contributed by atoms with E-state index in [-0.39, 0.29) is 58.4 Å². The molecule has 0 bridgehead atoms. The Kier molecular flexibility index (Phi) is 15.0. The molecule has 54 heavy (non-hydrogen) atoms. The van der Waals surface area contributed by atoms with Gasteiger partial charge in [-0.1, -0.05) is 60.6 Å². The molecular weight excluding hydrogens is 694 g/mol. The van der Waals surface area contributed by atoms with E-state index >= 15 is 0 Å². The minimum atomic E-state index is -1.34. The van der Waals surface area contributed by atoms with E-state index in [1.54, 1.807) is 33.9 Å². The van der Waals surface area contributed by atoms with Gasteiger partial charge in [0.05, 0.1) is 48.7 Å². The van der Waals surface area contributed by atoms with Gasteiger partial charge >= 0.3 is 23.9 Å². The van der Waals surface area contributed by atoms with Gasteiger partial charge in [-0.3, -0.25) is 19.2 Å². The number of aliphatic hydroxyl groups is 1. The first-order valence-corrected chi connectivity index (χ1v) is 18.6. The number of methoxy groups -OCH3 is 1. The Morgan fingerprint density at radius 2 is 1.50 bits per heavy atom. The molecule has 1 heterocycles. The number of oxime groups is 1. The monoisotopic (exact) mass is 749 g/mol. The molecule has 3 aromatic carbocycles. The third kappa shape index (κ3) is 11.2.